The van der Waals surface area contributed by atoms with E-state index in [1.807, 2.05) is 68.5 Å². The fraction of sp³-hybridized carbons (Fsp3) is 0.158. The molecule has 0 radical (unpaired) electrons. The molecule has 2 aromatic rings. The predicted molar refractivity (Wildman–Crippen MR) is 93.5 cm³/mol. The van der Waals surface area contributed by atoms with Gasteiger partial charge in [-0.2, -0.15) is 10.1 Å². The van der Waals surface area contributed by atoms with Crippen LogP contribution < -0.4 is 10.3 Å². The van der Waals surface area contributed by atoms with E-state index in [-0.39, 0.29) is 5.91 Å². The van der Waals surface area contributed by atoms with Gasteiger partial charge in [0, 0.05) is 11.3 Å². The number of rotatable bonds is 1. The van der Waals surface area contributed by atoms with Crippen molar-refractivity contribution in [2.75, 3.05) is 10.3 Å². The van der Waals surface area contributed by atoms with E-state index in [1.54, 1.807) is 0 Å². The fourth-order valence-electron chi connectivity index (χ4n) is 3.24. The Morgan fingerprint density at radius 2 is 1.70 bits per heavy atom. The lowest BCUT2D eigenvalue weighted by Gasteiger charge is -2.33. The number of fused-ring (bicyclic) bond motifs is 1. The molecule has 23 heavy (non-hydrogen) atoms. The van der Waals surface area contributed by atoms with Gasteiger partial charge in [0.1, 0.15) is 0 Å². The number of benzene rings is 2. The molecule has 1 unspecified atom stereocenters. The zero-order valence-corrected chi connectivity index (χ0v) is 13.1. The molecule has 2 heterocycles. The molecule has 0 fully saturated rings. The predicted octanol–water partition coefficient (Wildman–Crippen LogP) is 3.68. The molecule has 114 valence electrons. The Balaban J connectivity index is 1.81. The molecule has 1 N–H and O–H groups in total. The molecule has 1 amide bonds. The van der Waals surface area contributed by atoms with Crippen molar-refractivity contribution in [2.45, 2.75) is 19.4 Å². The van der Waals surface area contributed by atoms with Crippen LogP contribution in [0, 0.1) is 0 Å². The third-order valence-corrected chi connectivity index (χ3v) is 4.47. The van der Waals surface area contributed by atoms with Gasteiger partial charge in [-0.15, -0.1) is 0 Å². The Bertz CT molecular complexity index is 854. The van der Waals surface area contributed by atoms with Gasteiger partial charge in [0.25, 0.3) is 5.91 Å². The number of para-hydroxylation sites is 2. The lowest BCUT2D eigenvalue weighted by molar-refractivity contribution is -0.119. The first-order valence-electron chi connectivity index (χ1n) is 7.64. The summed E-state index contributed by atoms with van der Waals surface area (Å²) in [5.74, 6) is -0.0740. The number of anilines is 2. The number of carbonyl (C=O) groups excluding carboxylic acids is 1. The third kappa shape index (κ3) is 1.91. The summed E-state index contributed by atoms with van der Waals surface area (Å²) < 4.78 is 0. The summed E-state index contributed by atoms with van der Waals surface area (Å²) in [4.78, 5) is 13.2. The van der Waals surface area contributed by atoms with E-state index in [0.717, 1.165) is 28.2 Å². The number of allylic oxidation sites excluding steroid dienone is 1. The smallest absolute Gasteiger partial charge is 0.283 e. The average molecular weight is 303 g/mol. The van der Waals surface area contributed by atoms with Crippen LogP contribution >= 0.6 is 0 Å². The van der Waals surface area contributed by atoms with Crippen LogP contribution in [0.4, 0.5) is 11.4 Å². The minimum absolute atomic E-state index is 0.0740. The summed E-state index contributed by atoms with van der Waals surface area (Å²) in [6.45, 7) is 3.93. The second-order valence-corrected chi connectivity index (χ2v) is 5.94. The van der Waals surface area contributed by atoms with E-state index < -0.39 is 5.54 Å². The number of carbonyl (C=O) groups is 1. The van der Waals surface area contributed by atoms with Gasteiger partial charge in [0.15, 0.2) is 5.54 Å². The standard InChI is InChI=1S/C19H17N3O/c1-13-12-19(20-17-11-7-6-10-16(13)17)14(2)21-22(18(19)23)15-8-4-3-5-9-15/h3-12,20H,1-2H3. The molecule has 0 aromatic heterocycles. The van der Waals surface area contributed by atoms with E-state index in [1.165, 1.54) is 5.01 Å². The molecule has 1 atom stereocenters. The first kappa shape index (κ1) is 13.8. The Kier molecular flexibility index (Phi) is 2.88. The van der Waals surface area contributed by atoms with Crippen LogP contribution in [0.5, 0.6) is 0 Å². The summed E-state index contributed by atoms with van der Waals surface area (Å²) in [5.41, 5.74) is 3.80. The summed E-state index contributed by atoms with van der Waals surface area (Å²) in [5, 5.41) is 9.41. The summed E-state index contributed by atoms with van der Waals surface area (Å²) in [6.07, 6.45) is 1.99. The van der Waals surface area contributed by atoms with Crippen molar-refractivity contribution in [2.24, 2.45) is 5.10 Å². The SMILES string of the molecule is CC1=CC2(Nc3ccccc31)C(=O)N(c1ccccc1)N=C2C. The van der Waals surface area contributed by atoms with Crippen molar-refractivity contribution in [1.29, 1.82) is 0 Å². The second-order valence-electron chi connectivity index (χ2n) is 5.94. The normalized spacial score (nSPS) is 22.5. The molecule has 2 aliphatic rings. The molecule has 4 heteroatoms. The van der Waals surface area contributed by atoms with Crippen LogP contribution in [0.15, 0.2) is 65.8 Å². The van der Waals surface area contributed by atoms with Crippen molar-refractivity contribution >= 4 is 28.6 Å². The lowest BCUT2D eigenvalue weighted by Crippen LogP contribution is -2.52. The minimum Gasteiger partial charge on any atom is -0.363 e. The molecule has 1 spiro atoms. The highest BCUT2D eigenvalue weighted by molar-refractivity contribution is 6.27. The molecule has 0 saturated heterocycles. The van der Waals surface area contributed by atoms with Crippen molar-refractivity contribution in [1.82, 2.24) is 0 Å². The lowest BCUT2D eigenvalue weighted by atomic mass is 9.85. The molecule has 4 rings (SSSR count). The first-order chi connectivity index (χ1) is 11.1. The van der Waals surface area contributed by atoms with Gasteiger partial charge in [-0.3, -0.25) is 4.79 Å². The third-order valence-electron chi connectivity index (χ3n) is 4.47. The molecule has 2 aliphatic heterocycles. The van der Waals surface area contributed by atoms with Gasteiger partial charge in [-0.05, 0) is 43.7 Å². The quantitative estimate of drug-likeness (QED) is 0.873. The summed E-state index contributed by atoms with van der Waals surface area (Å²) >= 11 is 0. The van der Waals surface area contributed by atoms with Gasteiger partial charge in [-0.25, -0.2) is 0 Å². The Hall–Kier alpha value is -2.88. The topological polar surface area (TPSA) is 44.7 Å². The average Bonchev–Trinajstić information content (AvgIpc) is 2.81. The van der Waals surface area contributed by atoms with Gasteiger partial charge in [-0.1, -0.05) is 36.4 Å². The van der Waals surface area contributed by atoms with Crippen LogP contribution in [0.1, 0.15) is 19.4 Å². The van der Waals surface area contributed by atoms with E-state index in [9.17, 15) is 4.79 Å². The van der Waals surface area contributed by atoms with E-state index in [2.05, 4.69) is 16.5 Å². The van der Waals surface area contributed by atoms with Crippen molar-refractivity contribution in [3.8, 4) is 0 Å². The van der Waals surface area contributed by atoms with E-state index >= 15 is 0 Å². The monoisotopic (exact) mass is 303 g/mol. The summed E-state index contributed by atoms with van der Waals surface area (Å²) in [6, 6.07) is 17.5. The van der Waals surface area contributed by atoms with Gasteiger partial charge < -0.3 is 5.32 Å². The number of amides is 1. The molecular weight excluding hydrogens is 286 g/mol. The van der Waals surface area contributed by atoms with Gasteiger partial charge in [0.05, 0.1) is 11.4 Å². The number of nitrogens with one attached hydrogen (secondary N) is 1. The molecule has 0 aliphatic carbocycles. The number of hydrogen-bond acceptors (Lipinski definition) is 3. The maximum atomic E-state index is 13.2. The molecule has 0 saturated carbocycles. The summed E-state index contributed by atoms with van der Waals surface area (Å²) in [7, 11) is 0. The van der Waals surface area contributed by atoms with Crippen LogP contribution in [0.25, 0.3) is 5.57 Å². The maximum absolute atomic E-state index is 13.2. The highest BCUT2D eigenvalue weighted by Crippen LogP contribution is 2.38. The van der Waals surface area contributed by atoms with Crippen molar-refractivity contribution in [3.63, 3.8) is 0 Å². The van der Waals surface area contributed by atoms with Crippen LogP contribution in [0.3, 0.4) is 0 Å². The minimum atomic E-state index is -0.895. The number of nitrogens with zero attached hydrogens (tertiary/aromatic N) is 2. The molecular formula is C19H17N3O. The largest absolute Gasteiger partial charge is 0.363 e. The fourth-order valence-corrected chi connectivity index (χ4v) is 3.24. The highest BCUT2D eigenvalue weighted by Gasteiger charge is 2.50. The first-order valence-corrected chi connectivity index (χ1v) is 7.64. The number of hydrogen-bond donors (Lipinski definition) is 1. The Labute approximate surface area is 135 Å². The van der Waals surface area contributed by atoms with Crippen molar-refractivity contribution in [3.05, 3.63) is 66.2 Å². The van der Waals surface area contributed by atoms with Crippen LogP contribution in [-0.4, -0.2) is 17.2 Å². The van der Waals surface area contributed by atoms with Crippen LogP contribution in [-0.2, 0) is 4.79 Å². The zero-order chi connectivity index (χ0) is 16.0. The highest BCUT2D eigenvalue weighted by atomic mass is 16.2. The van der Waals surface area contributed by atoms with Gasteiger partial charge >= 0.3 is 0 Å². The zero-order valence-electron chi connectivity index (χ0n) is 13.1. The molecule has 4 nitrogen and oxygen atoms in total. The Morgan fingerprint density at radius 1 is 1.00 bits per heavy atom. The maximum Gasteiger partial charge on any atom is 0.283 e. The molecule has 0 bridgehead atoms. The van der Waals surface area contributed by atoms with Crippen molar-refractivity contribution < 1.29 is 4.79 Å². The Morgan fingerprint density at radius 3 is 2.48 bits per heavy atom. The molecule has 2 aromatic carbocycles. The van der Waals surface area contributed by atoms with E-state index in [0.29, 0.717) is 0 Å². The van der Waals surface area contributed by atoms with Crippen LogP contribution in [0.2, 0.25) is 0 Å². The second kappa shape index (κ2) is 4.81. The van der Waals surface area contributed by atoms with Gasteiger partial charge in [0.2, 0.25) is 0 Å². The number of hydrazone groups is 1. The van der Waals surface area contributed by atoms with E-state index in [4.69, 9.17) is 0 Å².